The summed E-state index contributed by atoms with van der Waals surface area (Å²) < 4.78 is 0. The second-order valence-corrected chi connectivity index (χ2v) is 6.48. The summed E-state index contributed by atoms with van der Waals surface area (Å²) in [6.45, 7) is 2.01. The van der Waals surface area contributed by atoms with Crippen molar-refractivity contribution in [1.29, 1.82) is 5.26 Å². The molecule has 0 radical (unpaired) electrons. The van der Waals surface area contributed by atoms with Gasteiger partial charge in [0.15, 0.2) is 0 Å². The number of carbonyl (C=O) groups is 1. The van der Waals surface area contributed by atoms with Crippen molar-refractivity contribution in [3.63, 3.8) is 0 Å². The van der Waals surface area contributed by atoms with Crippen LogP contribution >= 0.6 is 0 Å². The van der Waals surface area contributed by atoms with E-state index >= 15 is 0 Å². The Morgan fingerprint density at radius 2 is 1.86 bits per heavy atom. The lowest BCUT2D eigenvalue weighted by Crippen LogP contribution is -2.47. The van der Waals surface area contributed by atoms with Gasteiger partial charge in [0.2, 0.25) is 5.91 Å². The maximum absolute atomic E-state index is 12.6. The van der Waals surface area contributed by atoms with E-state index in [1.165, 1.54) is 0 Å². The Balaban J connectivity index is 2.14. The van der Waals surface area contributed by atoms with Crippen LogP contribution in [0.15, 0.2) is 30.3 Å². The summed E-state index contributed by atoms with van der Waals surface area (Å²) in [5, 5.41) is 12.5. The molecule has 22 heavy (non-hydrogen) atoms. The van der Waals surface area contributed by atoms with Crippen LogP contribution < -0.4 is 5.32 Å². The van der Waals surface area contributed by atoms with Crippen molar-refractivity contribution >= 4 is 5.91 Å². The Hall–Kier alpha value is -1.86. The van der Waals surface area contributed by atoms with Crippen LogP contribution in [0.3, 0.4) is 0 Å². The van der Waals surface area contributed by atoms with E-state index in [1.807, 2.05) is 39.2 Å². The fraction of sp³-hybridized carbons (Fsp3) is 0.556. The molecule has 0 aromatic heterocycles. The highest BCUT2D eigenvalue weighted by molar-refractivity contribution is 5.86. The Labute approximate surface area is 133 Å². The minimum atomic E-state index is -0.818. The summed E-state index contributed by atoms with van der Waals surface area (Å²) in [6, 6.07) is 12.4. The maximum atomic E-state index is 12.6. The average Bonchev–Trinajstić information content (AvgIpc) is 2.98. The van der Waals surface area contributed by atoms with Gasteiger partial charge in [-0.25, -0.2) is 0 Å². The normalized spacial score (nSPS) is 19.4. The highest BCUT2D eigenvalue weighted by atomic mass is 16.2. The van der Waals surface area contributed by atoms with Crippen LogP contribution in [-0.4, -0.2) is 30.9 Å². The van der Waals surface area contributed by atoms with E-state index in [0.29, 0.717) is 12.8 Å². The summed E-state index contributed by atoms with van der Waals surface area (Å²) in [4.78, 5) is 14.7. The Morgan fingerprint density at radius 1 is 1.27 bits per heavy atom. The number of nitrogens with one attached hydrogen (secondary N) is 1. The zero-order chi connectivity index (χ0) is 16.2. The molecular weight excluding hydrogens is 274 g/mol. The van der Waals surface area contributed by atoms with E-state index in [9.17, 15) is 10.1 Å². The highest BCUT2D eigenvalue weighted by Gasteiger charge is 2.42. The molecular formula is C18H25N3O. The standard InChI is InChI=1S/C18H25N3O/c1-14(16(21(2)3)15-9-5-4-6-10-15)20-17(22)18(13-19)11-7-8-12-18/h4-6,9-10,14,16H,7-8,11-12H2,1-3H3,(H,20,22)/t14-,16-/m0/s1. The predicted molar refractivity (Wildman–Crippen MR) is 87.0 cm³/mol. The number of nitriles is 1. The third-order valence-electron chi connectivity index (χ3n) is 4.64. The van der Waals surface area contributed by atoms with Gasteiger partial charge in [0.05, 0.1) is 12.1 Å². The van der Waals surface area contributed by atoms with Crippen LogP contribution in [0.1, 0.15) is 44.2 Å². The van der Waals surface area contributed by atoms with Crippen LogP contribution in [0.2, 0.25) is 0 Å². The zero-order valence-electron chi connectivity index (χ0n) is 13.7. The van der Waals surface area contributed by atoms with Crippen molar-refractivity contribution in [2.24, 2.45) is 5.41 Å². The first kappa shape index (κ1) is 16.5. The first-order valence-corrected chi connectivity index (χ1v) is 7.94. The number of hydrogen-bond donors (Lipinski definition) is 1. The van der Waals surface area contributed by atoms with Crippen molar-refractivity contribution in [2.45, 2.75) is 44.7 Å². The lowest BCUT2D eigenvalue weighted by molar-refractivity contribution is -0.129. The highest BCUT2D eigenvalue weighted by Crippen LogP contribution is 2.38. The lowest BCUT2D eigenvalue weighted by atomic mass is 9.86. The number of nitrogens with zero attached hydrogens (tertiary/aromatic N) is 2. The first-order chi connectivity index (χ1) is 10.5. The molecule has 1 saturated carbocycles. The van der Waals surface area contributed by atoms with Gasteiger partial charge in [-0.05, 0) is 39.4 Å². The van der Waals surface area contributed by atoms with E-state index < -0.39 is 5.41 Å². The van der Waals surface area contributed by atoms with Crippen molar-refractivity contribution in [1.82, 2.24) is 10.2 Å². The third kappa shape index (κ3) is 3.31. The average molecular weight is 299 g/mol. The Morgan fingerprint density at radius 3 is 2.36 bits per heavy atom. The molecule has 0 bridgehead atoms. The van der Waals surface area contributed by atoms with Crippen LogP contribution in [0.5, 0.6) is 0 Å². The lowest BCUT2D eigenvalue weighted by Gasteiger charge is -2.33. The molecule has 1 amide bonds. The SMILES string of the molecule is C[C@H](NC(=O)C1(C#N)CCCC1)[C@@H](c1ccccc1)N(C)C. The van der Waals surface area contributed by atoms with Crippen LogP contribution in [0, 0.1) is 16.7 Å². The molecule has 0 spiro atoms. The van der Waals surface area contributed by atoms with Gasteiger partial charge >= 0.3 is 0 Å². The van der Waals surface area contributed by atoms with Gasteiger partial charge in [-0.2, -0.15) is 5.26 Å². The van der Waals surface area contributed by atoms with Crippen molar-refractivity contribution in [3.8, 4) is 6.07 Å². The van der Waals surface area contributed by atoms with Gasteiger partial charge in [-0.15, -0.1) is 0 Å². The van der Waals surface area contributed by atoms with Crippen molar-refractivity contribution < 1.29 is 4.79 Å². The molecule has 4 nitrogen and oxygen atoms in total. The Bertz CT molecular complexity index is 541. The molecule has 1 N–H and O–H groups in total. The fourth-order valence-electron chi connectivity index (χ4n) is 3.48. The van der Waals surface area contributed by atoms with Gasteiger partial charge in [0.25, 0.3) is 0 Å². The van der Waals surface area contributed by atoms with Crippen LogP contribution in [0.25, 0.3) is 0 Å². The number of likely N-dealkylation sites (N-methyl/N-ethyl adjacent to an activating group) is 1. The molecule has 118 valence electrons. The van der Waals surface area contributed by atoms with E-state index in [2.05, 4.69) is 28.4 Å². The van der Waals surface area contributed by atoms with Gasteiger partial charge in [0.1, 0.15) is 5.41 Å². The quantitative estimate of drug-likeness (QED) is 0.909. The molecule has 1 aliphatic carbocycles. The summed E-state index contributed by atoms with van der Waals surface area (Å²) in [5.74, 6) is -0.109. The predicted octanol–water partition coefficient (Wildman–Crippen LogP) is 2.88. The van der Waals surface area contributed by atoms with Gasteiger partial charge < -0.3 is 10.2 Å². The van der Waals surface area contributed by atoms with E-state index in [-0.39, 0.29) is 18.0 Å². The molecule has 4 heteroatoms. The topological polar surface area (TPSA) is 56.1 Å². The summed E-state index contributed by atoms with van der Waals surface area (Å²) in [5.41, 5.74) is 0.347. The second-order valence-electron chi connectivity index (χ2n) is 6.48. The van der Waals surface area contributed by atoms with Crippen LogP contribution in [0.4, 0.5) is 0 Å². The molecule has 0 aliphatic heterocycles. The van der Waals surface area contributed by atoms with Crippen molar-refractivity contribution in [3.05, 3.63) is 35.9 Å². The minimum absolute atomic E-state index is 0.0595. The van der Waals surface area contributed by atoms with Crippen LogP contribution in [-0.2, 0) is 4.79 Å². The number of amides is 1. The molecule has 0 heterocycles. The molecule has 0 saturated heterocycles. The number of rotatable bonds is 5. The molecule has 1 aromatic rings. The zero-order valence-corrected chi connectivity index (χ0v) is 13.7. The minimum Gasteiger partial charge on any atom is -0.350 e. The smallest absolute Gasteiger partial charge is 0.240 e. The van der Waals surface area contributed by atoms with Gasteiger partial charge in [0, 0.05) is 6.04 Å². The number of hydrogen-bond acceptors (Lipinski definition) is 3. The van der Waals surface area contributed by atoms with Crippen molar-refractivity contribution in [2.75, 3.05) is 14.1 Å². The second kappa shape index (κ2) is 6.93. The first-order valence-electron chi connectivity index (χ1n) is 7.94. The van der Waals surface area contributed by atoms with E-state index in [4.69, 9.17) is 0 Å². The third-order valence-corrected chi connectivity index (χ3v) is 4.64. The summed E-state index contributed by atoms with van der Waals surface area (Å²) in [6.07, 6.45) is 3.29. The van der Waals surface area contributed by atoms with Gasteiger partial charge in [-0.1, -0.05) is 43.2 Å². The number of benzene rings is 1. The Kier molecular flexibility index (Phi) is 5.20. The largest absolute Gasteiger partial charge is 0.350 e. The van der Waals surface area contributed by atoms with Gasteiger partial charge in [-0.3, -0.25) is 4.79 Å². The molecule has 1 fully saturated rings. The molecule has 1 aromatic carbocycles. The summed E-state index contributed by atoms with van der Waals surface area (Å²) >= 11 is 0. The molecule has 1 aliphatic rings. The number of carbonyl (C=O) groups excluding carboxylic acids is 1. The maximum Gasteiger partial charge on any atom is 0.240 e. The fourth-order valence-corrected chi connectivity index (χ4v) is 3.48. The summed E-state index contributed by atoms with van der Waals surface area (Å²) in [7, 11) is 4.02. The molecule has 2 rings (SSSR count). The molecule has 0 unspecified atom stereocenters. The van der Waals surface area contributed by atoms with E-state index in [0.717, 1.165) is 18.4 Å². The monoisotopic (exact) mass is 299 g/mol. The molecule has 2 atom stereocenters. The van der Waals surface area contributed by atoms with E-state index in [1.54, 1.807) is 0 Å².